The van der Waals surface area contributed by atoms with Crippen LogP contribution in [0.25, 0.3) is 0 Å². The van der Waals surface area contributed by atoms with E-state index in [-0.39, 0.29) is 17.6 Å². The van der Waals surface area contributed by atoms with Gasteiger partial charge in [0.25, 0.3) is 0 Å². The zero-order chi connectivity index (χ0) is 11.5. The topological polar surface area (TPSA) is 52.3 Å². The van der Waals surface area contributed by atoms with E-state index in [0.29, 0.717) is 12.3 Å². The fourth-order valence-electron chi connectivity index (χ4n) is 2.09. The standard InChI is InChI=1S/C12H23NO2/c1-12(2,3)15-11(14)8-9-6-4-5-7-10(9)13/h9-10H,4-8,13H2,1-3H3/t9-,10-/m0/s1. The first-order valence-electron chi connectivity index (χ1n) is 5.86. The number of hydrogen-bond acceptors (Lipinski definition) is 3. The van der Waals surface area contributed by atoms with Crippen molar-refractivity contribution in [3.8, 4) is 0 Å². The van der Waals surface area contributed by atoms with Gasteiger partial charge in [-0.05, 0) is 39.5 Å². The molecule has 3 nitrogen and oxygen atoms in total. The van der Waals surface area contributed by atoms with Crippen LogP contribution in [0.5, 0.6) is 0 Å². The number of carbonyl (C=O) groups excluding carboxylic acids is 1. The molecule has 0 aromatic rings. The van der Waals surface area contributed by atoms with Gasteiger partial charge in [0.1, 0.15) is 5.60 Å². The van der Waals surface area contributed by atoms with Gasteiger partial charge in [-0.3, -0.25) is 4.79 Å². The summed E-state index contributed by atoms with van der Waals surface area (Å²) in [6.45, 7) is 5.68. The van der Waals surface area contributed by atoms with Gasteiger partial charge in [0, 0.05) is 12.5 Å². The first-order chi connectivity index (χ1) is 6.88. The molecule has 3 heteroatoms. The molecule has 88 valence electrons. The first kappa shape index (κ1) is 12.5. The van der Waals surface area contributed by atoms with Crippen molar-refractivity contribution >= 4 is 5.97 Å². The molecule has 0 unspecified atom stereocenters. The Bertz CT molecular complexity index is 220. The number of esters is 1. The fourth-order valence-corrected chi connectivity index (χ4v) is 2.09. The average molecular weight is 213 g/mol. The molecule has 2 atom stereocenters. The molecule has 0 amide bonds. The van der Waals surface area contributed by atoms with Crippen molar-refractivity contribution < 1.29 is 9.53 Å². The molecule has 1 saturated carbocycles. The third-order valence-electron chi connectivity index (χ3n) is 2.82. The van der Waals surface area contributed by atoms with Gasteiger partial charge >= 0.3 is 5.97 Å². The van der Waals surface area contributed by atoms with Crippen LogP contribution < -0.4 is 5.73 Å². The Hall–Kier alpha value is -0.570. The van der Waals surface area contributed by atoms with Gasteiger partial charge in [0.15, 0.2) is 0 Å². The van der Waals surface area contributed by atoms with E-state index in [1.165, 1.54) is 12.8 Å². The molecule has 1 rings (SSSR count). The van der Waals surface area contributed by atoms with Crippen LogP contribution in [-0.4, -0.2) is 17.6 Å². The molecular weight excluding hydrogens is 190 g/mol. The summed E-state index contributed by atoms with van der Waals surface area (Å²) < 4.78 is 5.29. The van der Waals surface area contributed by atoms with Crippen LogP contribution in [0.1, 0.15) is 52.9 Å². The van der Waals surface area contributed by atoms with E-state index in [4.69, 9.17) is 10.5 Å². The van der Waals surface area contributed by atoms with Crippen molar-refractivity contribution in [1.29, 1.82) is 0 Å². The molecule has 0 aromatic carbocycles. The summed E-state index contributed by atoms with van der Waals surface area (Å²) in [6.07, 6.45) is 5.00. The average Bonchev–Trinajstić information content (AvgIpc) is 2.05. The Morgan fingerprint density at radius 2 is 1.93 bits per heavy atom. The normalized spacial score (nSPS) is 27.5. The second-order valence-corrected chi connectivity index (χ2v) is 5.50. The van der Waals surface area contributed by atoms with Crippen LogP contribution >= 0.6 is 0 Å². The third kappa shape index (κ3) is 4.65. The quantitative estimate of drug-likeness (QED) is 0.716. The zero-order valence-electron chi connectivity index (χ0n) is 10.1. The van der Waals surface area contributed by atoms with Gasteiger partial charge in [0.05, 0.1) is 0 Å². The van der Waals surface area contributed by atoms with E-state index in [9.17, 15) is 4.79 Å². The molecule has 1 fully saturated rings. The van der Waals surface area contributed by atoms with E-state index in [0.717, 1.165) is 12.8 Å². The second kappa shape index (κ2) is 4.97. The fraction of sp³-hybridized carbons (Fsp3) is 0.917. The number of rotatable bonds is 2. The van der Waals surface area contributed by atoms with E-state index in [1.54, 1.807) is 0 Å². The van der Waals surface area contributed by atoms with E-state index < -0.39 is 0 Å². The van der Waals surface area contributed by atoms with Crippen molar-refractivity contribution in [1.82, 2.24) is 0 Å². The molecule has 0 heterocycles. The van der Waals surface area contributed by atoms with E-state index in [1.807, 2.05) is 20.8 Å². The highest BCUT2D eigenvalue weighted by Gasteiger charge is 2.26. The molecule has 15 heavy (non-hydrogen) atoms. The molecule has 0 aromatic heterocycles. The van der Waals surface area contributed by atoms with Gasteiger partial charge in [-0.25, -0.2) is 0 Å². The lowest BCUT2D eigenvalue weighted by atomic mass is 9.83. The van der Waals surface area contributed by atoms with Crippen LogP contribution in [0, 0.1) is 5.92 Å². The SMILES string of the molecule is CC(C)(C)OC(=O)C[C@@H]1CCCC[C@@H]1N. The first-order valence-corrected chi connectivity index (χ1v) is 5.86. The molecule has 1 aliphatic rings. The Morgan fingerprint density at radius 3 is 2.47 bits per heavy atom. The lowest BCUT2D eigenvalue weighted by Gasteiger charge is -2.29. The number of nitrogens with two attached hydrogens (primary N) is 1. The summed E-state index contributed by atoms with van der Waals surface area (Å²) in [5, 5.41) is 0. The molecule has 0 bridgehead atoms. The molecule has 0 radical (unpaired) electrons. The van der Waals surface area contributed by atoms with Crippen LogP contribution in [0.2, 0.25) is 0 Å². The molecular formula is C12H23NO2. The van der Waals surface area contributed by atoms with Gasteiger partial charge in [-0.2, -0.15) is 0 Å². The number of ether oxygens (including phenoxy) is 1. The van der Waals surface area contributed by atoms with Gasteiger partial charge in [0.2, 0.25) is 0 Å². The van der Waals surface area contributed by atoms with Crippen LogP contribution in [0.15, 0.2) is 0 Å². The second-order valence-electron chi connectivity index (χ2n) is 5.50. The largest absolute Gasteiger partial charge is 0.460 e. The summed E-state index contributed by atoms with van der Waals surface area (Å²) in [6, 6.07) is 0.186. The van der Waals surface area contributed by atoms with Crippen molar-refractivity contribution in [3.05, 3.63) is 0 Å². The highest BCUT2D eigenvalue weighted by Crippen LogP contribution is 2.26. The summed E-state index contributed by atoms with van der Waals surface area (Å²) >= 11 is 0. The molecule has 2 N–H and O–H groups in total. The Morgan fingerprint density at radius 1 is 1.33 bits per heavy atom. The molecule has 1 aliphatic carbocycles. The van der Waals surface area contributed by atoms with Crippen molar-refractivity contribution in [2.24, 2.45) is 11.7 Å². The maximum absolute atomic E-state index is 11.6. The van der Waals surface area contributed by atoms with Crippen LogP contribution in [0.4, 0.5) is 0 Å². The highest BCUT2D eigenvalue weighted by molar-refractivity contribution is 5.70. The van der Waals surface area contributed by atoms with Gasteiger partial charge in [-0.15, -0.1) is 0 Å². The summed E-state index contributed by atoms with van der Waals surface area (Å²) in [5.41, 5.74) is 5.60. The Balaban J connectivity index is 2.36. The minimum atomic E-state index is -0.379. The smallest absolute Gasteiger partial charge is 0.306 e. The maximum atomic E-state index is 11.6. The molecule has 0 aliphatic heterocycles. The Kier molecular flexibility index (Phi) is 4.14. The minimum absolute atomic E-state index is 0.107. The summed E-state index contributed by atoms with van der Waals surface area (Å²) in [4.78, 5) is 11.6. The van der Waals surface area contributed by atoms with Crippen LogP contribution in [-0.2, 0) is 9.53 Å². The number of carbonyl (C=O) groups is 1. The predicted molar refractivity (Wildman–Crippen MR) is 60.4 cm³/mol. The van der Waals surface area contributed by atoms with Gasteiger partial charge < -0.3 is 10.5 Å². The third-order valence-corrected chi connectivity index (χ3v) is 2.82. The molecule has 0 saturated heterocycles. The molecule has 0 spiro atoms. The van der Waals surface area contributed by atoms with E-state index >= 15 is 0 Å². The van der Waals surface area contributed by atoms with Crippen LogP contribution in [0.3, 0.4) is 0 Å². The summed E-state index contributed by atoms with van der Waals surface area (Å²) in [5.74, 6) is 0.221. The van der Waals surface area contributed by atoms with Crippen molar-refractivity contribution in [2.75, 3.05) is 0 Å². The zero-order valence-corrected chi connectivity index (χ0v) is 10.1. The van der Waals surface area contributed by atoms with Crippen molar-refractivity contribution in [3.63, 3.8) is 0 Å². The van der Waals surface area contributed by atoms with Gasteiger partial charge in [-0.1, -0.05) is 12.8 Å². The predicted octanol–water partition coefficient (Wildman–Crippen LogP) is 2.24. The lowest BCUT2D eigenvalue weighted by Crippen LogP contribution is -2.36. The highest BCUT2D eigenvalue weighted by atomic mass is 16.6. The Labute approximate surface area is 92.4 Å². The number of hydrogen-bond donors (Lipinski definition) is 1. The maximum Gasteiger partial charge on any atom is 0.306 e. The summed E-state index contributed by atoms with van der Waals surface area (Å²) in [7, 11) is 0. The minimum Gasteiger partial charge on any atom is -0.460 e. The van der Waals surface area contributed by atoms with E-state index in [2.05, 4.69) is 0 Å². The monoisotopic (exact) mass is 213 g/mol. The lowest BCUT2D eigenvalue weighted by molar-refractivity contribution is -0.156. The van der Waals surface area contributed by atoms with Crippen molar-refractivity contribution in [2.45, 2.75) is 64.5 Å².